The number of benzene rings is 1. The molecule has 20 heavy (non-hydrogen) atoms. The van der Waals surface area contributed by atoms with Crippen LogP contribution in [-0.4, -0.2) is 37.9 Å². The largest absolute Gasteiger partial charge is 0.465 e. The van der Waals surface area contributed by atoms with E-state index < -0.39 is 16.0 Å². The Balaban J connectivity index is 3.14. The zero-order valence-corrected chi connectivity index (χ0v) is 14.1. The molecule has 0 aliphatic rings. The summed E-state index contributed by atoms with van der Waals surface area (Å²) in [5.74, 6) is -0.558. The fraction of sp³-hybridized carbons (Fsp3) is 0.462. The summed E-state index contributed by atoms with van der Waals surface area (Å²) in [5, 5.41) is 0. The topological polar surface area (TPSA) is 63.7 Å². The van der Waals surface area contributed by atoms with E-state index in [1.807, 2.05) is 0 Å². The van der Waals surface area contributed by atoms with Gasteiger partial charge in [-0.05, 0) is 48.8 Å². The van der Waals surface area contributed by atoms with Gasteiger partial charge in [0.2, 0.25) is 10.0 Å². The molecule has 0 aromatic heterocycles. The molecule has 112 valence electrons. The Labute approximate surface area is 128 Å². The number of sulfonamides is 1. The maximum Gasteiger partial charge on any atom is 0.321 e. The lowest BCUT2D eigenvalue weighted by Gasteiger charge is -2.25. The van der Waals surface area contributed by atoms with E-state index in [0.717, 1.165) is 4.31 Å². The summed E-state index contributed by atoms with van der Waals surface area (Å²) < 4.78 is 31.7. The molecular formula is C13H18BrNO4S. The molecule has 0 saturated carbocycles. The number of hydrogen-bond acceptors (Lipinski definition) is 4. The number of rotatable bonds is 6. The normalized spacial score (nSPS) is 11.9. The second kappa shape index (κ2) is 7.19. The van der Waals surface area contributed by atoms with Crippen molar-refractivity contribution in [2.75, 3.05) is 13.2 Å². The van der Waals surface area contributed by atoms with Crippen LogP contribution in [0.3, 0.4) is 0 Å². The number of halogens is 1. The lowest BCUT2D eigenvalue weighted by molar-refractivity contribution is -0.143. The number of nitrogens with zero attached hydrogens (tertiary/aromatic N) is 1. The molecule has 0 N–H and O–H groups in total. The number of ether oxygens (including phenoxy) is 1. The zero-order chi connectivity index (χ0) is 15.3. The van der Waals surface area contributed by atoms with E-state index in [-0.39, 0.29) is 24.1 Å². The minimum atomic E-state index is -3.76. The smallest absolute Gasteiger partial charge is 0.321 e. The van der Waals surface area contributed by atoms with Gasteiger partial charge < -0.3 is 4.74 Å². The van der Waals surface area contributed by atoms with Crippen molar-refractivity contribution in [3.8, 4) is 0 Å². The Hall–Kier alpha value is -0.920. The van der Waals surface area contributed by atoms with Crippen LogP contribution in [0.15, 0.2) is 33.6 Å². The van der Waals surface area contributed by atoms with Crippen LogP contribution in [0.5, 0.6) is 0 Å². The molecule has 1 aromatic rings. The predicted octanol–water partition coefficient (Wildman–Crippen LogP) is 2.41. The molecule has 0 amide bonds. The van der Waals surface area contributed by atoms with Gasteiger partial charge in [-0.15, -0.1) is 0 Å². The van der Waals surface area contributed by atoms with Gasteiger partial charge in [0.25, 0.3) is 0 Å². The Morgan fingerprint density at radius 2 is 1.95 bits per heavy atom. The summed E-state index contributed by atoms with van der Waals surface area (Å²) >= 11 is 3.22. The molecule has 7 heteroatoms. The van der Waals surface area contributed by atoms with Crippen molar-refractivity contribution in [1.82, 2.24) is 4.31 Å². The van der Waals surface area contributed by atoms with Gasteiger partial charge in [0, 0.05) is 10.5 Å². The van der Waals surface area contributed by atoms with Crippen LogP contribution in [0, 0.1) is 0 Å². The van der Waals surface area contributed by atoms with Crippen LogP contribution in [-0.2, 0) is 19.6 Å². The van der Waals surface area contributed by atoms with Crippen molar-refractivity contribution in [2.24, 2.45) is 0 Å². The Morgan fingerprint density at radius 1 is 1.35 bits per heavy atom. The Kier molecular flexibility index (Phi) is 6.16. The van der Waals surface area contributed by atoms with Gasteiger partial charge in [0.05, 0.1) is 11.5 Å². The van der Waals surface area contributed by atoms with Gasteiger partial charge in [0.1, 0.15) is 6.54 Å². The molecule has 0 atom stereocenters. The lowest BCUT2D eigenvalue weighted by atomic mass is 10.4. The highest BCUT2D eigenvalue weighted by atomic mass is 79.9. The third kappa shape index (κ3) is 4.04. The van der Waals surface area contributed by atoms with Gasteiger partial charge in [0.15, 0.2) is 0 Å². The maximum atomic E-state index is 12.6. The third-order valence-electron chi connectivity index (χ3n) is 2.59. The van der Waals surface area contributed by atoms with Gasteiger partial charge in [-0.3, -0.25) is 4.79 Å². The van der Waals surface area contributed by atoms with Gasteiger partial charge >= 0.3 is 5.97 Å². The SMILES string of the molecule is CCOC(=O)CN(C(C)C)S(=O)(=O)c1ccccc1Br. The molecule has 0 bridgehead atoms. The average Bonchev–Trinajstić information content (AvgIpc) is 2.36. The molecule has 1 rings (SSSR count). The first kappa shape index (κ1) is 17.1. The van der Waals surface area contributed by atoms with E-state index in [1.165, 1.54) is 6.07 Å². The van der Waals surface area contributed by atoms with E-state index in [1.54, 1.807) is 39.0 Å². The van der Waals surface area contributed by atoms with E-state index >= 15 is 0 Å². The summed E-state index contributed by atoms with van der Waals surface area (Å²) in [6.45, 7) is 5.04. The van der Waals surface area contributed by atoms with Crippen molar-refractivity contribution in [1.29, 1.82) is 0 Å². The molecule has 5 nitrogen and oxygen atoms in total. The zero-order valence-electron chi connectivity index (χ0n) is 11.7. The first-order valence-corrected chi connectivity index (χ1v) is 8.46. The minimum absolute atomic E-state index is 0.137. The fourth-order valence-corrected chi connectivity index (χ4v) is 4.21. The number of carbonyl (C=O) groups excluding carboxylic acids is 1. The number of hydrogen-bond donors (Lipinski definition) is 0. The van der Waals surface area contributed by atoms with Crippen molar-refractivity contribution in [3.63, 3.8) is 0 Å². The van der Waals surface area contributed by atoms with Crippen molar-refractivity contribution < 1.29 is 17.9 Å². The first-order valence-electron chi connectivity index (χ1n) is 6.22. The van der Waals surface area contributed by atoms with E-state index in [0.29, 0.717) is 4.47 Å². The second-order valence-electron chi connectivity index (χ2n) is 4.38. The van der Waals surface area contributed by atoms with Gasteiger partial charge in [-0.2, -0.15) is 4.31 Å². The standard InChI is InChI=1S/C13H18BrNO4S/c1-4-19-13(16)9-15(10(2)3)20(17,18)12-8-6-5-7-11(12)14/h5-8,10H,4,9H2,1-3H3. The summed E-state index contributed by atoms with van der Waals surface area (Å²) in [6, 6.07) is 6.17. The minimum Gasteiger partial charge on any atom is -0.465 e. The van der Waals surface area contributed by atoms with Crippen molar-refractivity contribution >= 4 is 31.9 Å². The lowest BCUT2D eigenvalue weighted by Crippen LogP contribution is -2.41. The Bertz CT molecular complexity index is 571. The fourth-order valence-electron chi connectivity index (χ4n) is 1.66. The van der Waals surface area contributed by atoms with Gasteiger partial charge in [-0.1, -0.05) is 12.1 Å². The summed E-state index contributed by atoms with van der Waals surface area (Å²) in [4.78, 5) is 11.7. The maximum absolute atomic E-state index is 12.6. The third-order valence-corrected chi connectivity index (χ3v) is 5.62. The highest BCUT2D eigenvalue weighted by Crippen LogP contribution is 2.25. The quantitative estimate of drug-likeness (QED) is 0.728. The molecular weight excluding hydrogens is 346 g/mol. The summed E-state index contributed by atoms with van der Waals surface area (Å²) in [7, 11) is -3.76. The molecule has 0 radical (unpaired) electrons. The van der Waals surface area contributed by atoms with Crippen LogP contribution >= 0.6 is 15.9 Å². The number of carbonyl (C=O) groups is 1. The van der Waals surface area contributed by atoms with Crippen molar-refractivity contribution in [2.45, 2.75) is 31.7 Å². The molecule has 0 unspecified atom stereocenters. The highest BCUT2D eigenvalue weighted by molar-refractivity contribution is 9.10. The molecule has 0 aliphatic carbocycles. The summed E-state index contributed by atoms with van der Waals surface area (Å²) in [5.41, 5.74) is 0. The van der Waals surface area contributed by atoms with Crippen LogP contribution in [0.25, 0.3) is 0 Å². The predicted molar refractivity (Wildman–Crippen MR) is 79.8 cm³/mol. The van der Waals surface area contributed by atoms with Crippen LogP contribution in [0.1, 0.15) is 20.8 Å². The molecule has 0 fully saturated rings. The van der Waals surface area contributed by atoms with E-state index in [9.17, 15) is 13.2 Å². The molecule has 0 aliphatic heterocycles. The first-order chi connectivity index (χ1) is 9.30. The van der Waals surface area contributed by atoms with Crippen LogP contribution in [0.2, 0.25) is 0 Å². The molecule has 0 saturated heterocycles. The Morgan fingerprint density at radius 3 is 2.45 bits per heavy atom. The highest BCUT2D eigenvalue weighted by Gasteiger charge is 2.30. The van der Waals surface area contributed by atoms with E-state index in [4.69, 9.17) is 4.74 Å². The molecule has 0 heterocycles. The molecule has 0 spiro atoms. The van der Waals surface area contributed by atoms with Gasteiger partial charge in [-0.25, -0.2) is 8.42 Å². The summed E-state index contributed by atoms with van der Waals surface area (Å²) in [6.07, 6.45) is 0. The number of esters is 1. The van der Waals surface area contributed by atoms with Crippen molar-refractivity contribution in [3.05, 3.63) is 28.7 Å². The monoisotopic (exact) mass is 363 g/mol. The van der Waals surface area contributed by atoms with Crippen LogP contribution < -0.4 is 0 Å². The second-order valence-corrected chi connectivity index (χ2v) is 7.09. The van der Waals surface area contributed by atoms with Crippen LogP contribution in [0.4, 0.5) is 0 Å². The van der Waals surface area contributed by atoms with E-state index in [2.05, 4.69) is 15.9 Å². The average molecular weight is 364 g/mol. The molecule has 1 aromatic carbocycles.